The van der Waals surface area contributed by atoms with E-state index in [4.69, 9.17) is 0 Å². The van der Waals surface area contributed by atoms with Crippen molar-refractivity contribution in [2.24, 2.45) is 5.92 Å². The molecule has 2 rings (SSSR count). The van der Waals surface area contributed by atoms with E-state index in [0.29, 0.717) is 12.5 Å². The fraction of sp³-hybridized carbons (Fsp3) is 0.500. The second kappa shape index (κ2) is 6.29. The van der Waals surface area contributed by atoms with Crippen LogP contribution >= 0.6 is 15.9 Å². The lowest BCUT2D eigenvalue weighted by atomic mass is 9.98. The lowest BCUT2D eigenvalue weighted by Gasteiger charge is -2.23. The maximum Gasteiger partial charge on any atom is 0.293 e. The summed E-state index contributed by atoms with van der Waals surface area (Å²) in [5.74, 6) is -0.0361. The molecule has 1 fully saturated rings. The molecule has 0 spiro atoms. The highest BCUT2D eigenvalue weighted by atomic mass is 79.9. The number of nitro benzene ring substituents is 1. The van der Waals surface area contributed by atoms with Crippen molar-refractivity contribution in [1.82, 2.24) is 5.32 Å². The van der Waals surface area contributed by atoms with Crippen LogP contribution in [-0.2, 0) is 0 Å². The van der Waals surface area contributed by atoms with Crippen LogP contribution in [0.4, 0.5) is 15.8 Å². The summed E-state index contributed by atoms with van der Waals surface area (Å²) in [6.07, 6.45) is 2.06. The van der Waals surface area contributed by atoms with Crippen LogP contribution in [0.25, 0.3) is 0 Å². The van der Waals surface area contributed by atoms with Crippen molar-refractivity contribution in [1.29, 1.82) is 0 Å². The molecule has 0 atom stereocenters. The highest BCUT2D eigenvalue weighted by Crippen LogP contribution is 2.31. The zero-order valence-corrected chi connectivity index (χ0v) is 11.9. The fourth-order valence-corrected chi connectivity index (χ4v) is 2.50. The average molecular weight is 332 g/mol. The number of hydrogen-bond acceptors (Lipinski definition) is 4. The fourth-order valence-electron chi connectivity index (χ4n) is 2.17. The minimum Gasteiger partial charge on any atom is -0.379 e. The topological polar surface area (TPSA) is 67.2 Å². The quantitative estimate of drug-likeness (QED) is 0.657. The molecule has 0 bridgehead atoms. The van der Waals surface area contributed by atoms with Gasteiger partial charge in [0.05, 0.1) is 9.40 Å². The molecule has 7 heteroatoms. The molecule has 1 saturated heterocycles. The number of nitro groups is 1. The first-order chi connectivity index (χ1) is 9.08. The van der Waals surface area contributed by atoms with Crippen molar-refractivity contribution in [3.05, 3.63) is 32.5 Å². The second-order valence-electron chi connectivity index (χ2n) is 4.61. The zero-order valence-electron chi connectivity index (χ0n) is 10.3. The van der Waals surface area contributed by atoms with E-state index in [0.717, 1.165) is 25.9 Å². The largest absolute Gasteiger partial charge is 0.379 e. The molecule has 1 aliphatic heterocycles. The summed E-state index contributed by atoms with van der Waals surface area (Å²) in [5.41, 5.74) is 0.131. The number of anilines is 1. The molecule has 0 aromatic heterocycles. The van der Waals surface area contributed by atoms with Crippen molar-refractivity contribution in [2.45, 2.75) is 12.8 Å². The molecule has 1 aliphatic rings. The zero-order chi connectivity index (χ0) is 13.8. The van der Waals surface area contributed by atoms with Crippen LogP contribution in [0.1, 0.15) is 12.8 Å². The molecule has 0 aliphatic carbocycles. The smallest absolute Gasteiger partial charge is 0.293 e. The summed E-state index contributed by atoms with van der Waals surface area (Å²) in [4.78, 5) is 10.4. The van der Waals surface area contributed by atoms with Crippen LogP contribution in [0.3, 0.4) is 0 Å². The maximum atomic E-state index is 13.5. The molecule has 1 heterocycles. The number of nitrogens with one attached hydrogen (secondary N) is 2. The molecule has 0 saturated carbocycles. The number of halogens is 2. The molecule has 1 aromatic rings. The highest BCUT2D eigenvalue weighted by molar-refractivity contribution is 9.10. The summed E-state index contributed by atoms with van der Waals surface area (Å²) in [6, 6.07) is 2.36. The average Bonchev–Trinajstić information content (AvgIpc) is 2.40. The van der Waals surface area contributed by atoms with Gasteiger partial charge in [0.25, 0.3) is 5.69 Å². The number of nitrogens with zero attached hydrogens (tertiary/aromatic N) is 1. The van der Waals surface area contributed by atoms with Crippen LogP contribution in [-0.4, -0.2) is 24.6 Å². The molecule has 0 radical (unpaired) electrons. The van der Waals surface area contributed by atoms with Gasteiger partial charge < -0.3 is 10.6 Å². The minimum absolute atomic E-state index is 0.103. The minimum atomic E-state index is -0.505. The summed E-state index contributed by atoms with van der Waals surface area (Å²) >= 11 is 2.96. The molecule has 1 aromatic carbocycles. The van der Waals surface area contributed by atoms with Gasteiger partial charge in [-0.1, -0.05) is 0 Å². The second-order valence-corrected chi connectivity index (χ2v) is 5.47. The van der Waals surface area contributed by atoms with E-state index in [-0.39, 0.29) is 15.8 Å². The molecular formula is C12H15BrFN3O2. The Hall–Kier alpha value is -1.21. The third-order valence-corrected chi connectivity index (χ3v) is 3.88. The predicted molar refractivity (Wildman–Crippen MR) is 74.8 cm³/mol. The summed E-state index contributed by atoms with van der Waals surface area (Å²) in [5, 5.41) is 17.2. The molecule has 0 unspecified atom stereocenters. The van der Waals surface area contributed by atoms with Gasteiger partial charge in [-0.25, -0.2) is 4.39 Å². The van der Waals surface area contributed by atoms with Gasteiger partial charge in [0.15, 0.2) is 0 Å². The Morgan fingerprint density at radius 1 is 1.47 bits per heavy atom. The van der Waals surface area contributed by atoms with Gasteiger partial charge in [-0.15, -0.1) is 0 Å². The monoisotopic (exact) mass is 331 g/mol. The number of benzene rings is 1. The molecule has 2 N–H and O–H groups in total. The Morgan fingerprint density at radius 2 is 2.16 bits per heavy atom. The molecular weight excluding hydrogens is 317 g/mol. The summed E-state index contributed by atoms with van der Waals surface area (Å²) in [6.45, 7) is 2.55. The standard InChI is InChI=1S/C12H15BrFN3O2/c13-9-5-12(17(18)19)11(6-10(9)14)16-7-8-1-3-15-4-2-8/h5-6,8,15-16H,1-4,7H2. The van der Waals surface area contributed by atoms with E-state index in [1.165, 1.54) is 12.1 Å². The van der Waals surface area contributed by atoms with E-state index >= 15 is 0 Å². The lowest BCUT2D eigenvalue weighted by Crippen LogP contribution is -2.31. The number of piperidine rings is 1. The Labute approximate surface area is 118 Å². The van der Waals surface area contributed by atoms with Crippen LogP contribution in [0, 0.1) is 21.8 Å². The first-order valence-corrected chi connectivity index (χ1v) is 6.95. The first-order valence-electron chi connectivity index (χ1n) is 6.16. The van der Waals surface area contributed by atoms with E-state index in [9.17, 15) is 14.5 Å². The van der Waals surface area contributed by atoms with Crippen LogP contribution in [0.15, 0.2) is 16.6 Å². The van der Waals surface area contributed by atoms with Crippen molar-refractivity contribution in [3.63, 3.8) is 0 Å². The van der Waals surface area contributed by atoms with Crippen molar-refractivity contribution in [2.75, 3.05) is 25.0 Å². The van der Waals surface area contributed by atoms with E-state index in [1.807, 2.05) is 0 Å². The highest BCUT2D eigenvalue weighted by Gasteiger charge is 2.19. The van der Waals surface area contributed by atoms with Crippen LogP contribution < -0.4 is 10.6 Å². The summed E-state index contributed by atoms with van der Waals surface area (Å²) in [7, 11) is 0. The van der Waals surface area contributed by atoms with Crippen molar-refractivity contribution < 1.29 is 9.31 Å². The first kappa shape index (κ1) is 14.2. The normalized spacial score (nSPS) is 16.3. The van der Waals surface area contributed by atoms with Gasteiger partial charge in [0.1, 0.15) is 11.5 Å². The molecule has 5 nitrogen and oxygen atoms in total. The van der Waals surface area contributed by atoms with Crippen molar-refractivity contribution in [3.8, 4) is 0 Å². The predicted octanol–water partition coefficient (Wildman–Crippen LogP) is 2.91. The van der Waals surface area contributed by atoms with Gasteiger partial charge in [-0.2, -0.15) is 0 Å². The number of rotatable bonds is 4. The lowest BCUT2D eigenvalue weighted by molar-refractivity contribution is -0.384. The Kier molecular flexibility index (Phi) is 4.71. The Morgan fingerprint density at radius 3 is 2.79 bits per heavy atom. The Bertz CT molecular complexity index is 478. The SMILES string of the molecule is O=[N+]([O-])c1cc(Br)c(F)cc1NCC1CCNCC1. The van der Waals surface area contributed by atoms with Gasteiger partial charge in [0, 0.05) is 18.7 Å². The van der Waals surface area contributed by atoms with E-state index in [1.54, 1.807) is 0 Å². The molecule has 104 valence electrons. The van der Waals surface area contributed by atoms with Gasteiger partial charge in [-0.05, 0) is 47.8 Å². The molecule has 0 amide bonds. The third kappa shape index (κ3) is 3.63. The van der Waals surface area contributed by atoms with E-state index < -0.39 is 10.7 Å². The van der Waals surface area contributed by atoms with Gasteiger partial charge in [-0.3, -0.25) is 10.1 Å². The van der Waals surface area contributed by atoms with E-state index in [2.05, 4.69) is 26.6 Å². The van der Waals surface area contributed by atoms with Crippen molar-refractivity contribution >= 4 is 27.3 Å². The summed E-state index contributed by atoms with van der Waals surface area (Å²) < 4.78 is 13.6. The van der Waals surface area contributed by atoms with Gasteiger partial charge >= 0.3 is 0 Å². The third-order valence-electron chi connectivity index (χ3n) is 3.28. The molecule has 19 heavy (non-hydrogen) atoms. The van der Waals surface area contributed by atoms with Crippen LogP contribution in [0.2, 0.25) is 0 Å². The number of hydrogen-bond donors (Lipinski definition) is 2. The van der Waals surface area contributed by atoms with Gasteiger partial charge in [0.2, 0.25) is 0 Å². The van der Waals surface area contributed by atoms with Crippen LogP contribution in [0.5, 0.6) is 0 Å². The Balaban J connectivity index is 2.09. The maximum absolute atomic E-state index is 13.5.